The van der Waals surface area contributed by atoms with Gasteiger partial charge in [0.05, 0.1) is 11.8 Å². The fourth-order valence-corrected chi connectivity index (χ4v) is 1.84. The van der Waals surface area contributed by atoms with E-state index in [1.54, 1.807) is 43.5 Å². The summed E-state index contributed by atoms with van der Waals surface area (Å²) in [4.78, 5) is 16.3. The molecule has 5 nitrogen and oxygen atoms in total. The van der Waals surface area contributed by atoms with Gasteiger partial charge >= 0.3 is 0 Å². The van der Waals surface area contributed by atoms with Gasteiger partial charge in [0.15, 0.2) is 17.8 Å². The van der Waals surface area contributed by atoms with E-state index in [0.717, 1.165) is 0 Å². The molecule has 0 saturated heterocycles. The van der Waals surface area contributed by atoms with Crippen LogP contribution >= 0.6 is 0 Å². The number of hydrogen-bond donors (Lipinski definition) is 1. The summed E-state index contributed by atoms with van der Waals surface area (Å²) in [5, 5.41) is 18.4. The molecule has 2 rings (SSSR count). The Kier molecular flexibility index (Phi) is 4.52. The number of nitriles is 1. The molecule has 0 aliphatic carbocycles. The normalized spacial score (nSPS) is 13.0. The number of phenols is 1. The van der Waals surface area contributed by atoms with Gasteiger partial charge in [-0.05, 0) is 43.3 Å². The summed E-state index contributed by atoms with van der Waals surface area (Å²) < 4.78 is 5.50. The zero-order chi connectivity index (χ0) is 15.2. The Morgan fingerprint density at radius 3 is 2.57 bits per heavy atom. The first-order valence-electron chi connectivity index (χ1n) is 6.42. The first-order chi connectivity index (χ1) is 10.1. The highest BCUT2D eigenvalue weighted by Gasteiger charge is 2.27. The molecule has 0 amide bonds. The third-order valence-electron chi connectivity index (χ3n) is 2.95. The number of hydrogen-bond acceptors (Lipinski definition) is 5. The molecular formula is C16H14N2O3. The van der Waals surface area contributed by atoms with Crippen molar-refractivity contribution in [2.24, 2.45) is 0 Å². The monoisotopic (exact) mass is 282 g/mol. The molecule has 0 fully saturated rings. The topological polar surface area (TPSA) is 83.2 Å². The third-order valence-corrected chi connectivity index (χ3v) is 2.95. The summed E-state index contributed by atoms with van der Waals surface area (Å²) in [6, 6.07) is 13.1. The van der Waals surface area contributed by atoms with Crippen LogP contribution < -0.4 is 4.74 Å². The lowest BCUT2D eigenvalue weighted by atomic mass is 9.98. The molecule has 2 unspecified atom stereocenters. The summed E-state index contributed by atoms with van der Waals surface area (Å²) in [7, 11) is 0. The van der Waals surface area contributed by atoms with Crippen molar-refractivity contribution in [2.75, 3.05) is 0 Å². The molecule has 5 heteroatoms. The lowest BCUT2D eigenvalue weighted by molar-refractivity contribution is -0.125. The van der Waals surface area contributed by atoms with Crippen LogP contribution in [0.5, 0.6) is 11.5 Å². The van der Waals surface area contributed by atoms with Crippen LogP contribution in [0.4, 0.5) is 0 Å². The van der Waals surface area contributed by atoms with Gasteiger partial charge in [-0.1, -0.05) is 6.07 Å². The van der Waals surface area contributed by atoms with Crippen molar-refractivity contribution < 1.29 is 14.6 Å². The number of ketones is 1. The number of nitrogens with zero attached hydrogens (tertiary/aromatic N) is 2. The number of Topliss-reactive ketones (excluding diaryl/α,β-unsaturated/α-hetero) is 1. The van der Waals surface area contributed by atoms with E-state index in [0.29, 0.717) is 11.4 Å². The molecule has 0 radical (unpaired) electrons. The van der Waals surface area contributed by atoms with Crippen LogP contribution in [0.1, 0.15) is 18.5 Å². The average Bonchev–Trinajstić information content (AvgIpc) is 2.51. The van der Waals surface area contributed by atoms with Crippen LogP contribution in [0.3, 0.4) is 0 Å². The number of benzene rings is 1. The van der Waals surface area contributed by atoms with Gasteiger partial charge in [-0.2, -0.15) is 5.26 Å². The summed E-state index contributed by atoms with van der Waals surface area (Å²) in [5.41, 5.74) is 0.408. The van der Waals surface area contributed by atoms with Gasteiger partial charge in [0.25, 0.3) is 0 Å². The quantitative estimate of drug-likeness (QED) is 0.910. The molecule has 2 aromatic rings. The number of rotatable bonds is 5. The molecule has 1 aromatic carbocycles. The summed E-state index contributed by atoms with van der Waals surface area (Å²) in [5.74, 6) is -0.751. The van der Waals surface area contributed by atoms with Crippen molar-refractivity contribution in [1.82, 2.24) is 4.98 Å². The average molecular weight is 282 g/mol. The van der Waals surface area contributed by atoms with Crippen LogP contribution in [0.25, 0.3) is 0 Å². The molecule has 0 saturated carbocycles. The summed E-state index contributed by atoms with van der Waals surface area (Å²) in [6.45, 7) is 1.59. The second kappa shape index (κ2) is 6.53. The van der Waals surface area contributed by atoms with Gasteiger partial charge in [0.2, 0.25) is 0 Å². The highest BCUT2D eigenvalue weighted by molar-refractivity contribution is 5.91. The Hall–Kier alpha value is -2.87. The maximum absolute atomic E-state index is 12.3. The Labute approximate surface area is 122 Å². The third kappa shape index (κ3) is 3.57. The summed E-state index contributed by atoms with van der Waals surface area (Å²) in [6.07, 6.45) is 0.750. The lowest BCUT2D eigenvalue weighted by Crippen LogP contribution is -2.29. The number of carbonyl (C=O) groups is 1. The highest BCUT2D eigenvalue weighted by Crippen LogP contribution is 2.20. The Balaban J connectivity index is 2.11. The van der Waals surface area contributed by atoms with Crippen molar-refractivity contribution in [1.29, 1.82) is 5.26 Å². The standard InChI is InChI=1S/C16H14N2O3/c1-11(21-13-7-5-12(19)6-8-13)16(20)14(10-17)15-4-2-3-9-18-15/h2-9,11,14,19H,1H3. The Morgan fingerprint density at radius 1 is 1.29 bits per heavy atom. The van der Waals surface area contributed by atoms with E-state index in [4.69, 9.17) is 4.74 Å². The number of phenolic OH excluding ortho intramolecular Hbond substituents is 1. The molecule has 2 atom stereocenters. The number of pyridine rings is 1. The lowest BCUT2D eigenvalue weighted by Gasteiger charge is -2.16. The first-order valence-corrected chi connectivity index (χ1v) is 6.42. The van der Waals surface area contributed by atoms with Gasteiger partial charge in [-0.15, -0.1) is 0 Å². The minimum Gasteiger partial charge on any atom is -0.508 e. The van der Waals surface area contributed by atoms with Crippen molar-refractivity contribution in [3.8, 4) is 17.6 Å². The van der Waals surface area contributed by atoms with Crippen LogP contribution in [0.15, 0.2) is 48.7 Å². The summed E-state index contributed by atoms with van der Waals surface area (Å²) >= 11 is 0. The first kappa shape index (κ1) is 14.5. The zero-order valence-corrected chi connectivity index (χ0v) is 11.4. The largest absolute Gasteiger partial charge is 0.508 e. The molecule has 1 heterocycles. The van der Waals surface area contributed by atoms with Gasteiger partial charge in [-0.25, -0.2) is 0 Å². The predicted molar refractivity (Wildman–Crippen MR) is 75.8 cm³/mol. The molecule has 0 aliphatic heterocycles. The highest BCUT2D eigenvalue weighted by atomic mass is 16.5. The number of ether oxygens (including phenoxy) is 1. The number of aromatic nitrogens is 1. The molecule has 21 heavy (non-hydrogen) atoms. The second-order valence-electron chi connectivity index (χ2n) is 4.47. The fraction of sp³-hybridized carbons (Fsp3) is 0.188. The van der Waals surface area contributed by atoms with Crippen molar-refractivity contribution >= 4 is 5.78 Å². The number of carbonyl (C=O) groups excluding carboxylic acids is 1. The molecular weight excluding hydrogens is 268 g/mol. The number of aromatic hydroxyl groups is 1. The smallest absolute Gasteiger partial charge is 0.196 e. The van der Waals surface area contributed by atoms with E-state index in [1.165, 1.54) is 12.1 Å². The molecule has 1 aromatic heterocycles. The van der Waals surface area contributed by atoms with Gasteiger partial charge in [-0.3, -0.25) is 9.78 Å². The van der Waals surface area contributed by atoms with E-state index >= 15 is 0 Å². The molecule has 0 bridgehead atoms. The van der Waals surface area contributed by atoms with Crippen LogP contribution in [-0.2, 0) is 4.79 Å². The SMILES string of the molecule is CC(Oc1ccc(O)cc1)C(=O)C(C#N)c1ccccn1. The maximum Gasteiger partial charge on any atom is 0.196 e. The van der Waals surface area contributed by atoms with Crippen molar-refractivity contribution in [2.45, 2.75) is 18.9 Å². The minimum absolute atomic E-state index is 0.115. The van der Waals surface area contributed by atoms with E-state index in [-0.39, 0.29) is 11.5 Å². The second-order valence-corrected chi connectivity index (χ2v) is 4.47. The van der Waals surface area contributed by atoms with Crippen LogP contribution in [0.2, 0.25) is 0 Å². The van der Waals surface area contributed by atoms with Gasteiger partial charge in [0, 0.05) is 6.20 Å². The van der Waals surface area contributed by atoms with E-state index < -0.39 is 12.0 Å². The van der Waals surface area contributed by atoms with E-state index in [2.05, 4.69) is 4.98 Å². The molecule has 1 N–H and O–H groups in total. The molecule has 0 aliphatic rings. The zero-order valence-electron chi connectivity index (χ0n) is 11.4. The molecule has 106 valence electrons. The van der Waals surface area contributed by atoms with Crippen molar-refractivity contribution in [3.05, 3.63) is 54.4 Å². The Morgan fingerprint density at radius 2 is 2.00 bits per heavy atom. The minimum atomic E-state index is -0.960. The van der Waals surface area contributed by atoms with E-state index in [9.17, 15) is 15.2 Å². The Bertz CT molecular complexity index is 647. The fourth-order valence-electron chi connectivity index (χ4n) is 1.84. The van der Waals surface area contributed by atoms with E-state index in [1.807, 2.05) is 6.07 Å². The van der Waals surface area contributed by atoms with Gasteiger partial charge < -0.3 is 9.84 Å². The van der Waals surface area contributed by atoms with Crippen LogP contribution in [-0.4, -0.2) is 22.0 Å². The van der Waals surface area contributed by atoms with Gasteiger partial charge in [0.1, 0.15) is 11.5 Å². The van der Waals surface area contributed by atoms with Crippen LogP contribution in [0, 0.1) is 11.3 Å². The maximum atomic E-state index is 12.3. The van der Waals surface area contributed by atoms with Crippen molar-refractivity contribution in [3.63, 3.8) is 0 Å². The molecule has 0 spiro atoms. The predicted octanol–water partition coefficient (Wildman–Crippen LogP) is 2.43.